The van der Waals surface area contributed by atoms with Crippen molar-refractivity contribution in [3.05, 3.63) is 64.8 Å². The molecule has 7 heteroatoms. The number of carbonyl (C=O) groups is 1. The van der Waals surface area contributed by atoms with Crippen LogP contribution in [-0.4, -0.2) is 20.5 Å². The monoisotopic (exact) mass is 318 g/mol. The highest BCUT2D eigenvalue weighted by atomic mass is 35.5. The number of nitrogens with one attached hydrogen (secondary N) is 1. The zero-order valence-corrected chi connectivity index (χ0v) is 12.4. The molecule has 0 saturated carbocycles. The summed E-state index contributed by atoms with van der Waals surface area (Å²) in [5, 5.41) is 10.8. The second-order valence-corrected chi connectivity index (χ2v) is 5.19. The van der Waals surface area contributed by atoms with E-state index in [4.69, 9.17) is 11.6 Å². The van der Waals surface area contributed by atoms with Gasteiger partial charge in [0.05, 0.1) is 16.6 Å². The molecule has 0 spiro atoms. The summed E-state index contributed by atoms with van der Waals surface area (Å²) in [5.74, 6) is -0.706. The van der Waals surface area contributed by atoms with Gasteiger partial charge in [0.25, 0.3) is 5.91 Å². The highest BCUT2D eigenvalue weighted by molar-refractivity contribution is 6.33. The van der Waals surface area contributed by atoms with E-state index in [-0.39, 0.29) is 10.6 Å². The minimum absolute atomic E-state index is 0.0656. The molecule has 1 N–H and O–H groups in total. The first-order chi connectivity index (χ1) is 10.6. The molecule has 112 valence electrons. The van der Waals surface area contributed by atoms with Crippen molar-refractivity contribution in [2.24, 2.45) is 0 Å². The van der Waals surface area contributed by atoms with Crippen LogP contribution < -0.4 is 5.32 Å². The Morgan fingerprint density at radius 3 is 2.86 bits per heavy atom. The van der Waals surface area contributed by atoms with E-state index in [1.54, 1.807) is 23.6 Å². The molecule has 1 unspecified atom stereocenters. The Morgan fingerprint density at radius 2 is 2.09 bits per heavy atom. The van der Waals surface area contributed by atoms with Gasteiger partial charge < -0.3 is 5.32 Å². The Kier molecular flexibility index (Phi) is 3.77. The van der Waals surface area contributed by atoms with Gasteiger partial charge in [-0.25, -0.2) is 4.39 Å². The third-order valence-electron chi connectivity index (χ3n) is 3.26. The van der Waals surface area contributed by atoms with Crippen LogP contribution in [0.4, 0.5) is 4.39 Å². The summed E-state index contributed by atoms with van der Waals surface area (Å²) in [6.45, 7) is 1.75. The van der Waals surface area contributed by atoms with Gasteiger partial charge in [0.2, 0.25) is 0 Å². The Bertz CT molecular complexity index is 828. The SMILES string of the molecule is CC(NC(=O)c1c(F)cccc1Cl)c1nnc2ccccn12. The number of benzene rings is 1. The number of rotatable bonds is 3. The first-order valence-electron chi connectivity index (χ1n) is 6.62. The maximum Gasteiger partial charge on any atom is 0.256 e. The molecule has 0 aliphatic carbocycles. The Labute approximate surface area is 130 Å². The number of halogens is 2. The number of amides is 1. The van der Waals surface area contributed by atoms with Crippen molar-refractivity contribution >= 4 is 23.2 Å². The third kappa shape index (κ3) is 2.53. The summed E-state index contributed by atoms with van der Waals surface area (Å²) in [6, 6.07) is 9.14. The Hall–Kier alpha value is -2.47. The van der Waals surface area contributed by atoms with E-state index in [1.165, 1.54) is 18.2 Å². The average Bonchev–Trinajstić information content (AvgIpc) is 2.91. The smallest absolute Gasteiger partial charge is 0.256 e. The topological polar surface area (TPSA) is 59.3 Å². The maximum atomic E-state index is 13.8. The first kappa shape index (κ1) is 14.5. The lowest BCUT2D eigenvalue weighted by atomic mass is 10.2. The minimum Gasteiger partial charge on any atom is -0.342 e. The van der Waals surface area contributed by atoms with Crippen LogP contribution >= 0.6 is 11.6 Å². The van der Waals surface area contributed by atoms with E-state index in [9.17, 15) is 9.18 Å². The van der Waals surface area contributed by atoms with Gasteiger partial charge in [-0.2, -0.15) is 0 Å². The van der Waals surface area contributed by atoms with Crippen LogP contribution in [0.25, 0.3) is 5.65 Å². The summed E-state index contributed by atoms with van der Waals surface area (Å²) in [7, 11) is 0. The van der Waals surface area contributed by atoms with Crippen LogP contribution in [0.5, 0.6) is 0 Å². The number of nitrogens with zero attached hydrogens (tertiary/aromatic N) is 3. The predicted molar refractivity (Wildman–Crippen MR) is 80.3 cm³/mol. The molecular formula is C15H12ClFN4O. The zero-order chi connectivity index (χ0) is 15.7. The van der Waals surface area contributed by atoms with Crippen molar-refractivity contribution in [3.63, 3.8) is 0 Å². The normalized spacial score (nSPS) is 12.3. The molecule has 3 rings (SSSR count). The van der Waals surface area contributed by atoms with Gasteiger partial charge in [0.15, 0.2) is 11.5 Å². The summed E-state index contributed by atoms with van der Waals surface area (Å²) in [4.78, 5) is 12.2. The lowest BCUT2D eigenvalue weighted by Crippen LogP contribution is -2.29. The van der Waals surface area contributed by atoms with Gasteiger partial charge in [0.1, 0.15) is 5.82 Å². The molecule has 3 aromatic rings. The van der Waals surface area contributed by atoms with Crippen molar-refractivity contribution < 1.29 is 9.18 Å². The predicted octanol–water partition coefficient (Wildman–Crippen LogP) is 3.01. The average molecular weight is 319 g/mol. The van der Waals surface area contributed by atoms with E-state index in [2.05, 4.69) is 15.5 Å². The van der Waals surface area contributed by atoms with Crippen LogP contribution in [-0.2, 0) is 0 Å². The Morgan fingerprint density at radius 1 is 1.27 bits per heavy atom. The van der Waals surface area contributed by atoms with E-state index in [1.807, 2.05) is 12.1 Å². The van der Waals surface area contributed by atoms with Gasteiger partial charge in [-0.15, -0.1) is 10.2 Å². The van der Waals surface area contributed by atoms with Crippen molar-refractivity contribution in [2.75, 3.05) is 0 Å². The van der Waals surface area contributed by atoms with Gasteiger partial charge in [-0.3, -0.25) is 9.20 Å². The van der Waals surface area contributed by atoms with Gasteiger partial charge in [-0.05, 0) is 31.2 Å². The third-order valence-corrected chi connectivity index (χ3v) is 3.58. The minimum atomic E-state index is -0.664. The standard InChI is InChI=1S/C15H12ClFN4O/c1-9(14-20-19-12-7-2-3-8-21(12)14)18-15(22)13-10(16)5-4-6-11(13)17/h2-9H,1H3,(H,18,22). The molecule has 0 aliphatic rings. The maximum absolute atomic E-state index is 13.8. The van der Waals surface area contributed by atoms with E-state index in [0.717, 1.165) is 0 Å². The quantitative estimate of drug-likeness (QED) is 0.807. The fraction of sp³-hybridized carbons (Fsp3) is 0.133. The van der Waals surface area contributed by atoms with Crippen molar-refractivity contribution in [1.29, 1.82) is 0 Å². The molecule has 5 nitrogen and oxygen atoms in total. The molecule has 2 aromatic heterocycles. The molecule has 0 fully saturated rings. The van der Waals surface area contributed by atoms with Crippen molar-refractivity contribution in [1.82, 2.24) is 19.9 Å². The number of hydrogen-bond donors (Lipinski definition) is 1. The Balaban J connectivity index is 1.88. The van der Waals surface area contributed by atoms with E-state index in [0.29, 0.717) is 11.5 Å². The number of aromatic nitrogens is 3. The molecule has 1 aromatic carbocycles. The summed E-state index contributed by atoms with van der Waals surface area (Å²) >= 11 is 5.89. The molecule has 1 amide bonds. The van der Waals surface area contributed by atoms with E-state index < -0.39 is 17.8 Å². The van der Waals surface area contributed by atoms with Crippen LogP contribution in [0.3, 0.4) is 0 Å². The first-order valence-corrected chi connectivity index (χ1v) is 7.00. The van der Waals surface area contributed by atoms with Gasteiger partial charge in [0, 0.05) is 6.20 Å². The summed E-state index contributed by atoms with van der Waals surface area (Å²) < 4.78 is 15.5. The molecule has 0 saturated heterocycles. The number of fused-ring (bicyclic) bond motifs is 1. The fourth-order valence-electron chi connectivity index (χ4n) is 2.20. The molecule has 22 heavy (non-hydrogen) atoms. The zero-order valence-electron chi connectivity index (χ0n) is 11.6. The second-order valence-electron chi connectivity index (χ2n) is 4.78. The van der Waals surface area contributed by atoms with Crippen molar-refractivity contribution in [2.45, 2.75) is 13.0 Å². The molecule has 0 radical (unpaired) electrons. The van der Waals surface area contributed by atoms with Crippen LogP contribution in [0.2, 0.25) is 5.02 Å². The number of carbonyl (C=O) groups excluding carboxylic acids is 1. The number of hydrogen-bond acceptors (Lipinski definition) is 3. The van der Waals surface area contributed by atoms with E-state index >= 15 is 0 Å². The van der Waals surface area contributed by atoms with Gasteiger partial charge in [-0.1, -0.05) is 23.7 Å². The summed E-state index contributed by atoms with van der Waals surface area (Å²) in [6.07, 6.45) is 1.80. The highest BCUT2D eigenvalue weighted by Crippen LogP contribution is 2.20. The van der Waals surface area contributed by atoms with Crippen LogP contribution in [0.1, 0.15) is 29.1 Å². The molecule has 0 aliphatic heterocycles. The van der Waals surface area contributed by atoms with Crippen molar-refractivity contribution in [3.8, 4) is 0 Å². The lowest BCUT2D eigenvalue weighted by Gasteiger charge is -2.13. The van der Waals surface area contributed by atoms with Gasteiger partial charge >= 0.3 is 0 Å². The lowest BCUT2D eigenvalue weighted by molar-refractivity contribution is 0.0934. The fourth-order valence-corrected chi connectivity index (χ4v) is 2.45. The van der Waals surface area contributed by atoms with Crippen LogP contribution in [0, 0.1) is 5.82 Å². The number of pyridine rings is 1. The highest BCUT2D eigenvalue weighted by Gasteiger charge is 2.20. The molecule has 2 heterocycles. The van der Waals surface area contributed by atoms with Crippen LogP contribution in [0.15, 0.2) is 42.6 Å². The molecular weight excluding hydrogens is 307 g/mol. The second kappa shape index (κ2) is 5.73. The molecule has 1 atom stereocenters. The largest absolute Gasteiger partial charge is 0.342 e. The molecule has 0 bridgehead atoms. The summed E-state index contributed by atoms with van der Waals surface area (Å²) in [5.41, 5.74) is 0.493.